The van der Waals surface area contributed by atoms with Crippen molar-refractivity contribution in [2.45, 2.75) is 104 Å². The Labute approximate surface area is 266 Å². The highest BCUT2D eigenvalue weighted by Crippen LogP contribution is 2.18. The molecule has 0 unspecified atom stereocenters. The van der Waals surface area contributed by atoms with Crippen LogP contribution in [0, 0.1) is 11.8 Å². The second kappa shape index (κ2) is 18.1. The fourth-order valence-corrected chi connectivity index (χ4v) is 4.91. The topological polar surface area (TPSA) is 161 Å². The molecule has 0 radical (unpaired) electrons. The summed E-state index contributed by atoms with van der Waals surface area (Å²) in [6, 6.07) is 6.28. The van der Waals surface area contributed by atoms with Crippen molar-refractivity contribution in [2.24, 2.45) is 11.8 Å². The van der Waals surface area contributed by atoms with E-state index in [0.29, 0.717) is 13.0 Å². The first-order valence-corrected chi connectivity index (χ1v) is 15.6. The van der Waals surface area contributed by atoms with E-state index >= 15 is 0 Å². The van der Waals surface area contributed by atoms with Crippen LogP contribution < -0.4 is 21.3 Å². The van der Waals surface area contributed by atoms with Gasteiger partial charge < -0.3 is 35.5 Å². The summed E-state index contributed by atoms with van der Waals surface area (Å²) in [7, 11) is 0. The summed E-state index contributed by atoms with van der Waals surface area (Å²) >= 11 is 0. The molecule has 1 aliphatic heterocycles. The van der Waals surface area contributed by atoms with Gasteiger partial charge in [0.1, 0.15) is 18.7 Å². The number of alkyl carbamates (subject to hydrolysis) is 1. The highest BCUT2D eigenvalue weighted by atomic mass is 16.6. The van der Waals surface area contributed by atoms with Crippen molar-refractivity contribution in [1.29, 1.82) is 0 Å². The first-order valence-electron chi connectivity index (χ1n) is 15.6. The molecule has 1 saturated heterocycles. The number of hydrogen-bond acceptors (Lipinski definition) is 8. The zero-order chi connectivity index (χ0) is 33.6. The first-order chi connectivity index (χ1) is 21.2. The van der Waals surface area contributed by atoms with E-state index in [-0.39, 0.29) is 43.8 Å². The van der Waals surface area contributed by atoms with Crippen LogP contribution in [0.25, 0.3) is 0 Å². The number of hydrogen-bond donors (Lipinski definition) is 4. The lowest BCUT2D eigenvalue weighted by Crippen LogP contribution is -2.59. The largest absolute Gasteiger partial charge is 0.463 e. The molecule has 12 nitrogen and oxygen atoms in total. The monoisotopic (exact) mass is 630 g/mol. The summed E-state index contributed by atoms with van der Waals surface area (Å²) < 4.78 is 16.3. The molecular formula is C33H50N4O8. The highest BCUT2D eigenvalue weighted by molar-refractivity contribution is 5.92. The van der Waals surface area contributed by atoms with E-state index in [9.17, 15) is 24.0 Å². The summed E-state index contributed by atoms with van der Waals surface area (Å²) in [5, 5.41) is 11.1. The molecule has 1 fully saturated rings. The molecule has 5 atom stereocenters. The Balaban J connectivity index is 2.22. The van der Waals surface area contributed by atoms with Crippen LogP contribution in [0.2, 0.25) is 0 Å². The number of amides is 4. The minimum absolute atomic E-state index is 0.00756. The number of ether oxygens (including phenoxy) is 3. The average molecular weight is 631 g/mol. The van der Waals surface area contributed by atoms with Crippen molar-refractivity contribution in [3.63, 3.8) is 0 Å². The maximum absolute atomic E-state index is 13.7. The van der Waals surface area contributed by atoms with E-state index < -0.39 is 53.7 Å². The van der Waals surface area contributed by atoms with Crippen LogP contribution in [0.1, 0.15) is 73.3 Å². The number of esters is 1. The van der Waals surface area contributed by atoms with Crippen molar-refractivity contribution in [2.75, 3.05) is 13.2 Å². The highest BCUT2D eigenvalue weighted by Gasteiger charge is 2.35. The standard InChI is InChI=1S/C33H50N4O8/c1-8-43-27(38)15-14-25(19-24-16-17-34-29(24)39)35-30(40)26(18-21(2)3)36-31(41)28(22(4)45-33(5,6)7)37-32(42)44-20-23-12-10-9-11-13-23/h9-15,21-22,24-26,28H,8,16-20H2,1-7H3,(H,34,39)(H,35,40)(H,36,41)(H,37,42)/t22-,24+,25-,26+,28+/m1/s1. The minimum Gasteiger partial charge on any atom is -0.463 e. The lowest BCUT2D eigenvalue weighted by atomic mass is 9.96. The predicted octanol–water partition coefficient (Wildman–Crippen LogP) is 3.15. The van der Waals surface area contributed by atoms with Crippen molar-refractivity contribution >= 4 is 29.8 Å². The quantitative estimate of drug-likeness (QED) is 0.160. The van der Waals surface area contributed by atoms with E-state index in [1.807, 2.05) is 65.0 Å². The zero-order valence-electron chi connectivity index (χ0n) is 27.5. The second-order valence-electron chi connectivity index (χ2n) is 12.5. The Bertz CT molecular complexity index is 1160. The molecule has 4 amide bonds. The van der Waals surface area contributed by atoms with Crippen LogP contribution in [0.15, 0.2) is 42.5 Å². The van der Waals surface area contributed by atoms with Crippen LogP contribution in [0.5, 0.6) is 0 Å². The summed E-state index contributed by atoms with van der Waals surface area (Å²) in [6.07, 6.45) is 2.29. The molecule has 1 heterocycles. The van der Waals surface area contributed by atoms with Crippen LogP contribution >= 0.6 is 0 Å². The Kier molecular flexibility index (Phi) is 15.0. The smallest absolute Gasteiger partial charge is 0.408 e. The van der Waals surface area contributed by atoms with Gasteiger partial charge in [0.05, 0.1) is 18.3 Å². The number of carbonyl (C=O) groups excluding carboxylic acids is 5. The maximum Gasteiger partial charge on any atom is 0.408 e. The van der Waals surface area contributed by atoms with Gasteiger partial charge in [0, 0.05) is 24.6 Å². The van der Waals surface area contributed by atoms with Gasteiger partial charge in [-0.05, 0) is 65.4 Å². The Morgan fingerprint density at radius 1 is 1.00 bits per heavy atom. The fourth-order valence-electron chi connectivity index (χ4n) is 4.91. The first kappa shape index (κ1) is 37.3. The van der Waals surface area contributed by atoms with E-state index in [4.69, 9.17) is 14.2 Å². The minimum atomic E-state index is -1.18. The molecule has 4 N–H and O–H groups in total. The van der Waals surface area contributed by atoms with E-state index in [1.54, 1.807) is 13.8 Å². The van der Waals surface area contributed by atoms with E-state index in [2.05, 4.69) is 21.3 Å². The van der Waals surface area contributed by atoms with Crippen LogP contribution in [-0.2, 0) is 40.0 Å². The molecule has 0 saturated carbocycles. The third-order valence-electron chi connectivity index (χ3n) is 6.90. The predicted molar refractivity (Wildman–Crippen MR) is 169 cm³/mol. The van der Waals surface area contributed by atoms with Gasteiger partial charge in [0.15, 0.2) is 0 Å². The van der Waals surface area contributed by atoms with Crippen molar-refractivity contribution in [3.05, 3.63) is 48.0 Å². The molecule has 0 aromatic heterocycles. The lowest BCUT2D eigenvalue weighted by Gasteiger charge is -2.32. The molecule has 1 aliphatic rings. The number of rotatable bonds is 16. The van der Waals surface area contributed by atoms with Crippen LogP contribution in [-0.4, -0.2) is 72.8 Å². The van der Waals surface area contributed by atoms with Gasteiger partial charge in [-0.15, -0.1) is 0 Å². The molecule has 1 aromatic rings. The zero-order valence-corrected chi connectivity index (χ0v) is 27.5. The molecule has 45 heavy (non-hydrogen) atoms. The molecule has 1 aromatic carbocycles. The SMILES string of the molecule is CCOC(=O)C=C[C@H](C[C@@H]1CCNC1=O)NC(=O)[C@H](CC(C)C)NC(=O)[C@@H](NC(=O)OCc1ccccc1)[C@@H](C)OC(C)(C)C. The Morgan fingerprint density at radius 3 is 2.27 bits per heavy atom. The fraction of sp³-hybridized carbons (Fsp3) is 0.606. The third kappa shape index (κ3) is 14.1. The summed E-state index contributed by atoms with van der Waals surface area (Å²) in [5.41, 5.74) is 0.149. The van der Waals surface area contributed by atoms with Gasteiger partial charge in [-0.2, -0.15) is 0 Å². The Morgan fingerprint density at radius 2 is 1.69 bits per heavy atom. The normalized spacial score (nSPS) is 17.6. The average Bonchev–Trinajstić information content (AvgIpc) is 3.36. The summed E-state index contributed by atoms with van der Waals surface area (Å²) in [4.78, 5) is 64.4. The van der Waals surface area contributed by atoms with Crippen molar-refractivity contribution < 1.29 is 38.2 Å². The molecule has 0 spiro atoms. The van der Waals surface area contributed by atoms with Gasteiger partial charge in [-0.3, -0.25) is 14.4 Å². The van der Waals surface area contributed by atoms with Crippen LogP contribution in [0.3, 0.4) is 0 Å². The summed E-state index contributed by atoms with van der Waals surface area (Å²) in [6.45, 7) is 13.4. The molecule has 2 rings (SSSR count). The van der Waals surface area contributed by atoms with Crippen molar-refractivity contribution in [1.82, 2.24) is 21.3 Å². The molecule has 250 valence electrons. The van der Waals surface area contributed by atoms with Gasteiger partial charge in [0.2, 0.25) is 17.7 Å². The number of benzene rings is 1. The Hall–Kier alpha value is -3.93. The van der Waals surface area contributed by atoms with Gasteiger partial charge >= 0.3 is 12.1 Å². The van der Waals surface area contributed by atoms with Crippen molar-refractivity contribution in [3.8, 4) is 0 Å². The molecule has 0 aliphatic carbocycles. The van der Waals surface area contributed by atoms with E-state index in [1.165, 1.54) is 12.2 Å². The van der Waals surface area contributed by atoms with Gasteiger partial charge in [-0.1, -0.05) is 50.3 Å². The number of nitrogens with one attached hydrogen (secondary N) is 4. The molecular weight excluding hydrogens is 580 g/mol. The van der Waals surface area contributed by atoms with Gasteiger partial charge in [0.25, 0.3) is 0 Å². The van der Waals surface area contributed by atoms with Crippen LogP contribution in [0.4, 0.5) is 4.79 Å². The molecule has 0 bridgehead atoms. The van der Waals surface area contributed by atoms with Gasteiger partial charge in [-0.25, -0.2) is 9.59 Å². The molecule has 12 heteroatoms. The summed E-state index contributed by atoms with van der Waals surface area (Å²) in [5.74, 6) is -2.14. The third-order valence-corrected chi connectivity index (χ3v) is 6.90. The maximum atomic E-state index is 13.7. The second-order valence-corrected chi connectivity index (χ2v) is 12.5. The van der Waals surface area contributed by atoms with E-state index in [0.717, 1.165) is 5.56 Å². The lowest BCUT2D eigenvalue weighted by molar-refractivity contribution is -0.137. The number of carbonyl (C=O) groups is 5.